The Morgan fingerprint density at radius 1 is 1.32 bits per heavy atom. The fourth-order valence-corrected chi connectivity index (χ4v) is 3.24. The zero-order chi connectivity index (χ0) is 20.3. The molecule has 1 saturated carbocycles. The molecule has 2 atom stereocenters. The average molecular weight is 405 g/mol. The molecule has 0 bridgehead atoms. The van der Waals surface area contributed by atoms with Gasteiger partial charge < -0.3 is 14.6 Å². The smallest absolute Gasteiger partial charge is 0.249 e. The minimum Gasteiger partial charge on any atom is -0.419 e. The summed E-state index contributed by atoms with van der Waals surface area (Å²) in [6.45, 7) is 6.44. The van der Waals surface area contributed by atoms with Crippen LogP contribution in [0.4, 0.5) is 0 Å². The van der Waals surface area contributed by atoms with Gasteiger partial charge in [-0.2, -0.15) is 0 Å². The fourth-order valence-electron chi connectivity index (χ4n) is 3.02. The van der Waals surface area contributed by atoms with Crippen LogP contribution in [-0.2, 0) is 16.1 Å². The minimum absolute atomic E-state index is 0.0395. The molecule has 1 aromatic carbocycles. The third-order valence-electron chi connectivity index (χ3n) is 4.90. The molecule has 1 aromatic heterocycles. The molecule has 2 aromatic rings. The largest absolute Gasteiger partial charge is 0.419 e. The topological polar surface area (TPSA) is 88.3 Å². The summed E-state index contributed by atoms with van der Waals surface area (Å²) in [4.78, 5) is 26.2. The third-order valence-corrected chi connectivity index (χ3v) is 5.23. The zero-order valence-electron chi connectivity index (χ0n) is 16.3. The van der Waals surface area contributed by atoms with Gasteiger partial charge in [-0.25, -0.2) is 0 Å². The summed E-state index contributed by atoms with van der Waals surface area (Å²) in [5.74, 6) is 1.19. The first-order valence-corrected chi connectivity index (χ1v) is 9.89. The number of amides is 2. The van der Waals surface area contributed by atoms with E-state index in [9.17, 15) is 9.59 Å². The van der Waals surface area contributed by atoms with E-state index in [0.717, 1.165) is 6.42 Å². The van der Waals surface area contributed by atoms with Gasteiger partial charge in [0.2, 0.25) is 23.6 Å². The first-order chi connectivity index (χ1) is 13.4. The molecule has 3 rings (SSSR count). The van der Waals surface area contributed by atoms with E-state index in [1.807, 2.05) is 26.0 Å². The van der Waals surface area contributed by atoms with E-state index in [2.05, 4.69) is 22.4 Å². The second-order valence-electron chi connectivity index (χ2n) is 7.46. The van der Waals surface area contributed by atoms with E-state index >= 15 is 0 Å². The van der Waals surface area contributed by atoms with Gasteiger partial charge in [0, 0.05) is 24.9 Å². The minimum atomic E-state index is -0.0726. The van der Waals surface area contributed by atoms with E-state index in [1.165, 1.54) is 0 Å². The third kappa shape index (κ3) is 4.90. The number of carbonyl (C=O) groups excluding carboxylic acids is 2. The zero-order valence-corrected chi connectivity index (χ0v) is 17.1. The SMILES string of the molecule is CC1CC1C(=O)NCCC(=O)N(Cc1nnc(-c2ccccc2Cl)o1)C(C)C. The average Bonchev–Trinajstić information content (AvgIpc) is 3.21. The highest BCUT2D eigenvalue weighted by Gasteiger charge is 2.38. The Hall–Kier alpha value is -2.41. The Bertz CT molecular complexity index is 851. The van der Waals surface area contributed by atoms with Crippen LogP contribution < -0.4 is 5.32 Å². The fraction of sp³-hybridized carbons (Fsp3) is 0.500. The number of hydrogen-bond donors (Lipinski definition) is 1. The highest BCUT2D eigenvalue weighted by molar-refractivity contribution is 6.33. The van der Waals surface area contributed by atoms with Gasteiger partial charge in [0.1, 0.15) is 0 Å². The van der Waals surface area contributed by atoms with Gasteiger partial charge in [-0.15, -0.1) is 10.2 Å². The van der Waals surface area contributed by atoms with E-state index in [4.69, 9.17) is 16.0 Å². The summed E-state index contributed by atoms with van der Waals surface area (Å²) in [6, 6.07) is 7.18. The number of aromatic nitrogens is 2. The lowest BCUT2D eigenvalue weighted by Gasteiger charge is -2.25. The maximum Gasteiger partial charge on any atom is 0.249 e. The molecule has 150 valence electrons. The molecule has 0 radical (unpaired) electrons. The number of benzene rings is 1. The van der Waals surface area contributed by atoms with Crippen LogP contribution in [-0.4, -0.2) is 39.5 Å². The molecule has 1 heterocycles. The van der Waals surface area contributed by atoms with Crippen molar-refractivity contribution in [1.82, 2.24) is 20.4 Å². The van der Waals surface area contributed by atoms with Crippen LogP contribution in [0.1, 0.15) is 39.5 Å². The summed E-state index contributed by atoms with van der Waals surface area (Å²) < 4.78 is 5.71. The van der Waals surface area contributed by atoms with Crippen molar-refractivity contribution in [1.29, 1.82) is 0 Å². The molecule has 0 spiro atoms. The van der Waals surface area contributed by atoms with E-state index < -0.39 is 0 Å². The van der Waals surface area contributed by atoms with Gasteiger partial charge >= 0.3 is 0 Å². The van der Waals surface area contributed by atoms with Crippen molar-refractivity contribution in [3.05, 3.63) is 35.2 Å². The van der Waals surface area contributed by atoms with Crippen molar-refractivity contribution in [2.45, 2.75) is 46.2 Å². The second kappa shape index (κ2) is 8.73. The van der Waals surface area contributed by atoms with Crippen LogP contribution in [0.5, 0.6) is 0 Å². The van der Waals surface area contributed by atoms with Crippen molar-refractivity contribution < 1.29 is 14.0 Å². The molecule has 0 saturated heterocycles. The Kier molecular flexibility index (Phi) is 6.34. The molecule has 1 aliphatic carbocycles. The monoisotopic (exact) mass is 404 g/mol. The van der Waals surface area contributed by atoms with Gasteiger partial charge in [0.05, 0.1) is 17.1 Å². The maximum absolute atomic E-state index is 12.6. The maximum atomic E-state index is 12.6. The Balaban J connectivity index is 1.57. The van der Waals surface area contributed by atoms with Crippen LogP contribution in [0.3, 0.4) is 0 Å². The number of nitrogens with zero attached hydrogens (tertiary/aromatic N) is 3. The molecule has 2 amide bonds. The highest BCUT2D eigenvalue weighted by Crippen LogP contribution is 2.37. The predicted octanol–water partition coefficient (Wildman–Crippen LogP) is 3.29. The first kappa shape index (κ1) is 20.3. The van der Waals surface area contributed by atoms with Crippen LogP contribution >= 0.6 is 11.6 Å². The molecule has 1 N–H and O–H groups in total. The number of hydrogen-bond acceptors (Lipinski definition) is 5. The normalized spacial score (nSPS) is 18.2. The van der Waals surface area contributed by atoms with Crippen molar-refractivity contribution in [2.24, 2.45) is 11.8 Å². The van der Waals surface area contributed by atoms with Gasteiger partial charge in [-0.05, 0) is 38.3 Å². The van der Waals surface area contributed by atoms with Crippen molar-refractivity contribution in [3.8, 4) is 11.5 Å². The summed E-state index contributed by atoms with van der Waals surface area (Å²) >= 11 is 6.17. The quantitative estimate of drug-likeness (QED) is 0.729. The molecule has 1 fully saturated rings. The van der Waals surface area contributed by atoms with Crippen LogP contribution in [0.2, 0.25) is 5.02 Å². The van der Waals surface area contributed by atoms with Crippen molar-refractivity contribution in [2.75, 3.05) is 6.54 Å². The summed E-state index contributed by atoms with van der Waals surface area (Å²) in [5, 5.41) is 11.5. The molecule has 1 aliphatic rings. The number of nitrogens with one attached hydrogen (secondary N) is 1. The van der Waals surface area contributed by atoms with Crippen molar-refractivity contribution in [3.63, 3.8) is 0 Å². The number of rotatable bonds is 8. The predicted molar refractivity (Wildman–Crippen MR) is 105 cm³/mol. The second-order valence-corrected chi connectivity index (χ2v) is 7.86. The summed E-state index contributed by atoms with van der Waals surface area (Å²) in [5.41, 5.74) is 0.655. The lowest BCUT2D eigenvalue weighted by Crippen LogP contribution is -2.38. The number of halogens is 1. The molecular weight excluding hydrogens is 380 g/mol. The Morgan fingerprint density at radius 3 is 2.68 bits per heavy atom. The van der Waals surface area contributed by atoms with E-state index in [0.29, 0.717) is 34.8 Å². The Labute approximate surface area is 169 Å². The molecule has 7 nitrogen and oxygen atoms in total. The number of carbonyl (C=O) groups is 2. The Morgan fingerprint density at radius 2 is 2.04 bits per heavy atom. The molecule has 0 aliphatic heterocycles. The van der Waals surface area contributed by atoms with Crippen LogP contribution in [0.15, 0.2) is 28.7 Å². The van der Waals surface area contributed by atoms with Gasteiger partial charge in [0.15, 0.2) is 0 Å². The molecule has 28 heavy (non-hydrogen) atoms. The lowest BCUT2D eigenvalue weighted by atomic mass is 10.2. The first-order valence-electron chi connectivity index (χ1n) is 9.51. The van der Waals surface area contributed by atoms with E-state index in [1.54, 1.807) is 17.0 Å². The highest BCUT2D eigenvalue weighted by atomic mass is 35.5. The van der Waals surface area contributed by atoms with Crippen LogP contribution in [0.25, 0.3) is 11.5 Å². The molecule has 8 heteroatoms. The standard InChI is InChI=1S/C20H25ClN4O3/c1-12(2)25(18(26)8-9-22-19(27)15-10-13(15)3)11-17-23-24-20(28-17)14-6-4-5-7-16(14)21/h4-7,12-13,15H,8-11H2,1-3H3,(H,22,27). The van der Waals surface area contributed by atoms with Gasteiger partial charge in [0.25, 0.3) is 0 Å². The van der Waals surface area contributed by atoms with E-state index in [-0.39, 0.29) is 36.7 Å². The van der Waals surface area contributed by atoms with Crippen molar-refractivity contribution >= 4 is 23.4 Å². The van der Waals surface area contributed by atoms with Crippen LogP contribution in [0, 0.1) is 11.8 Å². The summed E-state index contributed by atoms with van der Waals surface area (Å²) in [6.07, 6.45) is 1.17. The van der Waals surface area contributed by atoms with Gasteiger partial charge in [-0.3, -0.25) is 9.59 Å². The summed E-state index contributed by atoms with van der Waals surface area (Å²) in [7, 11) is 0. The molecule has 2 unspecified atom stereocenters. The lowest BCUT2D eigenvalue weighted by molar-refractivity contribution is -0.134. The van der Waals surface area contributed by atoms with Gasteiger partial charge in [-0.1, -0.05) is 30.7 Å². The molecular formula is C20H25ClN4O3.